The van der Waals surface area contributed by atoms with Crippen molar-refractivity contribution in [3.63, 3.8) is 0 Å². The van der Waals surface area contributed by atoms with E-state index in [0.717, 1.165) is 17.7 Å². The molecule has 0 aliphatic heterocycles. The monoisotopic (exact) mass is 191 g/mol. The summed E-state index contributed by atoms with van der Waals surface area (Å²) in [6.45, 7) is 2.05. The van der Waals surface area contributed by atoms with Gasteiger partial charge in [-0.2, -0.15) is 5.10 Å². The summed E-state index contributed by atoms with van der Waals surface area (Å²) in [6.07, 6.45) is 6.81. The van der Waals surface area contributed by atoms with E-state index in [4.69, 9.17) is 0 Å². The highest BCUT2D eigenvalue weighted by Crippen LogP contribution is 2.17. The van der Waals surface area contributed by atoms with Gasteiger partial charge >= 0.3 is 0 Å². The molecule has 1 atom stereocenters. The maximum absolute atomic E-state index is 11.0. The molecule has 0 radical (unpaired) electrons. The van der Waals surface area contributed by atoms with Gasteiger partial charge in [0.05, 0.1) is 12.2 Å². The number of hydrogen-bond donors (Lipinski definition) is 2. The van der Waals surface area contributed by atoms with E-state index < -0.39 is 0 Å². The summed E-state index contributed by atoms with van der Waals surface area (Å²) in [5.41, 5.74) is 2.13. The minimum absolute atomic E-state index is 0.200. The van der Waals surface area contributed by atoms with Crippen molar-refractivity contribution in [2.45, 2.75) is 25.8 Å². The van der Waals surface area contributed by atoms with Crippen molar-refractivity contribution in [3.8, 4) is 0 Å². The zero-order chi connectivity index (χ0) is 9.97. The molecule has 0 fully saturated rings. The van der Waals surface area contributed by atoms with Gasteiger partial charge in [0.25, 0.3) is 0 Å². The number of carbonyl (C=O) groups excluding carboxylic acids is 1. The number of ketones is 1. The maximum Gasteiger partial charge on any atom is 0.157 e. The summed E-state index contributed by atoms with van der Waals surface area (Å²) in [4.78, 5) is 11.0. The fourth-order valence-electron chi connectivity index (χ4n) is 1.57. The Bertz CT molecular complexity index is 353. The number of carbonyl (C=O) groups is 1. The van der Waals surface area contributed by atoms with Crippen molar-refractivity contribution in [1.82, 2.24) is 15.5 Å². The van der Waals surface area contributed by atoms with E-state index in [1.165, 1.54) is 0 Å². The van der Waals surface area contributed by atoms with E-state index in [-0.39, 0.29) is 11.8 Å². The largest absolute Gasteiger partial charge is 0.382 e. The molecule has 1 heterocycles. The van der Waals surface area contributed by atoms with E-state index >= 15 is 0 Å². The van der Waals surface area contributed by atoms with Crippen molar-refractivity contribution in [2.75, 3.05) is 0 Å². The normalized spacial score (nSPS) is 18.1. The third-order valence-electron chi connectivity index (χ3n) is 2.40. The zero-order valence-electron chi connectivity index (χ0n) is 8.08. The number of nitrogens with one attached hydrogen (secondary N) is 2. The van der Waals surface area contributed by atoms with Crippen LogP contribution in [0.2, 0.25) is 0 Å². The van der Waals surface area contributed by atoms with Crippen LogP contribution in [-0.2, 0) is 4.79 Å². The predicted octanol–water partition coefficient (Wildman–Crippen LogP) is 1.31. The molecule has 74 valence electrons. The number of rotatable bonds is 3. The molecular formula is C10H13N3O. The van der Waals surface area contributed by atoms with E-state index in [9.17, 15) is 4.79 Å². The molecule has 2 rings (SSSR count). The van der Waals surface area contributed by atoms with Crippen LogP contribution >= 0.6 is 0 Å². The summed E-state index contributed by atoms with van der Waals surface area (Å²) in [5.74, 6) is 0.215. The summed E-state index contributed by atoms with van der Waals surface area (Å²) < 4.78 is 0. The number of H-pyrrole nitrogens is 1. The topological polar surface area (TPSA) is 57.8 Å². The molecule has 1 aliphatic carbocycles. The molecule has 0 aromatic carbocycles. The lowest BCUT2D eigenvalue weighted by molar-refractivity contribution is -0.114. The van der Waals surface area contributed by atoms with Gasteiger partial charge in [-0.05, 0) is 13.3 Å². The molecule has 0 spiro atoms. The Labute approximate surface area is 82.4 Å². The molecule has 2 N–H and O–H groups in total. The highest BCUT2D eigenvalue weighted by molar-refractivity contribution is 5.92. The van der Waals surface area contributed by atoms with Crippen molar-refractivity contribution in [1.29, 1.82) is 0 Å². The van der Waals surface area contributed by atoms with Crippen LogP contribution in [0.1, 0.15) is 31.4 Å². The van der Waals surface area contributed by atoms with Crippen molar-refractivity contribution < 1.29 is 4.79 Å². The second kappa shape index (κ2) is 3.65. The quantitative estimate of drug-likeness (QED) is 0.757. The molecule has 1 aromatic rings. The van der Waals surface area contributed by atoms with Gasteiger partial charge in [-0.25, -0.2) is 0 Å². The summed E-state index contributed by atoms with van der Waals surface area (Å²) in [6, 6.07) is 0.200. The van der Waals surface area contributed by atoms with Crippen LogP contribution in [0.25, 0.3) is 0 Å². The van der Waals surface area contributed by atoms with Crippen LogP contribution in [0.3, 0.4) is 0 Å². The van der Waals surface area contributed by atoms with E-state index in [2.05, 4.69) is 22.4 Å². The first-order valence-corrected chi connectivity index (χ1v) is 4.74. The van der Waals surface area contributed by atoms with Crippen LogP contribution in [0.4, 0.5) is 0 Å². The molecule has 0 saturated heterocycles. The third-order valence-corrected chi connectivity index (χ3v) is 2.40. The van der Waals surface area contributed by atoms with E-state index in [1.807, 2.05) is 6.20 Å². The lowest BCUT2D eigenvalue weighted by Crippen LogP contribution is -2.16. The third kappa shape index (κ3) is 1.84. The number of allylic oxidation sites excluding steroid dienone is 2. The fourth-order valence-corrected chi connectivity index (χ4v) is 1.57. The first-order valence-electron chi connectivity index (χ1n) is 4.74. The lowest BCUT2D eigenvalue weighted by atomic mass is 10.2. The Morgan fingerprint density at radius 3 is 3.00 bits per heavy atom. The summed E-state index contributed by atoms with van der Waals surface area (Å²) in [7, 11) is 0. The highest BCUT2D eigenvalue weighted by atomic mass is 16.1. The zero-order valence-corrected chi connectivity index (χ0v) is 8.08. The summed E-state index contributed by atoms with van der Waals surface area (Å²) in [5, 5.41) is 9.94. The molecular weight excluding hydrogens is 178 g/mol. The highest BCUT2D eigenvalue weighted by Gasteiger charge is 2.14. The predicted molar refractivity (Wildman–Crippen MR) is 52.5 cm³/mol. The van der Waals surface area contributed by atoms with Crippen LogP contribution < -0.4 is 5.32 Å². The molecule has 0 bridgehead atoms. The second-order valence-electron chi connectivity index (χ2n) is 3.53. The number of hydrogen-bond acceptors (Lipinski definition) is 3. The van der Waals surface area contributed by atoms with E-state index in [1.54, 1.807) is 12.3 Å². The number of aromatic nitrogens is 2. The molecule has 0 amide bonds. The van der Waals surface area contributed by atoms with Crippen LogP contribution in [0, 0.1) is 0 Å². The minimum Gasteiger partial charge on any atom is -0.382 e. The van der Waals surface area contributed by atoms with Gasteiger partial charge in [-0.3, -0.25) is 9.89 Å². The second-order valence-corrected chi connectivity index (χ2v) is 3.53. The van der Waals surface area contributed by atoms with E-state index in [0.29, 0.717) is 6.42 Å². The minimum atomic E-state index is 0.200. The number of nitrogens with zero attached hydrogens (tertiary/aromatic N) is 1. The van der Waals surface area contributed by atoms with Gasteiger partial charge < -0.3 is 5.32 Å². The molecule has 4 heteroatoms. The fraction of sp³-hybridized carbons (Fsp3) is 0.400. The first-order chi connectivity index (χ1) is 6.75. The van der Waals surface area contributed by atoms with Gasteiger partial charge in [0, 0.05) is 30.0 Å². The average molecular weight is 191 g/mol. The number of aromatic amines is 1. The Hall–Kier alpha value is -1.58. The smallest absolute Gasteiger partial charge is 0.157 e. The van der Waals surface area contributed by atoms with Gasteiger partial charge in [0.1, 0.15) is 0 Å². The molecule has 14 heavy (non-hydrogen) atoms. The Kier molecular flexibility index (Phi) is 2.35. The van der Waals surface area contributed by atoms with Gasteiger partial charge in [-0.15, -0.1) is 0 Å². The van der Waals surface area contributed by atoms with Crippen molar-refractivity contribution in [3.05, 3.63) is 29.7 Å². The SMILES string of the molecule is CC(NC1=CC(=O)CC1)c1cn[nH]c1. The molecule has 4 nitrogen and oxygen atoms in total. The van der Waals surface area contributed by atoms with Gasteiger partial charge in [0.2, 0.25) is 0 Å². The van der Waals surface area contributed by atoms with Crippen molar-refractivity contribution in [2.24, 2.45) is 0 Å². The van der Waals surface area contributed by atoms with Crippen molar-refractivity contribution >= 4 is 5.78 Å². The standard InChI is InChI=1S/C10H13N3O/c1-7(8-5-11-12-6-8)13-9-2-3-10(14)4-9/h4-7,13H,2-3H2,1H3,(H,11,12). The lowest BCUT2D eigenvalue weighted by Gasteiger charge is -2.13. The molecule has 0 saturated carbocycles. The molecule has 1 aromatic heterocycles. The molecule has 1 unspecified atom stereocenters. The summed E-state index contributed by atoms with van der Waals surface area (Å²) >= 11 is 0. The first kappa shape index (κ1) is 8.99. The Balaban J connectivity index is 1.98. The Morgan fingerprint density at radius 2 is 2.43 bits per heavy atom. The molecule has 1 aliphatic rings. The van der Waals surface area contributed by atoms with Gasteiger partial charge in [-0.1, -0.05) is 0 Å². The van der Waals surface area contributed by atoms with Crippen LogP contribution in [0.5, 0.6) is 0 Å². The average Bonchev–Trinajstić information content (AvgIpc) is 2.75. The van der Waals surface area contributed by atoms with Crippen LogP contribution in [-0.4, -0.2) is 16.0 Å². The maximum atomic E-state index is 11.0. The Morgan fingerprint density at radius 1 is 1.57 bits per heavy atom. The van der Waals surface area contributed by atoms with Gasteiger partial charge in [0.15, 0.2) is 5.78 Å². The van der Waals surface area contributed by atoms with Crippen LogP contribution in [0.15, 0.2) is 24.2 Å².